The number of hydrogen-bond acceptors (Lipinski definition) is 5. The highest BCUT2D eigenvalue weighted by Crippen LogP contribution is 2.20. The van der Waals surface area contributed by atoms with Crippen LogP contribution < -0.4 is 14.6 Å². The van der Waals surface area contributed by atoms with Gasteiger partial charge in [0.25, 0.3) is 5.91 Å². The quantitative estimate of drug-likeness (QED) is 0.503. The second-order valence-electron chi connectivity index (χ2n) is 6.57. The molecule has 0 fully saturated rings. The summed E-state index contributed by atoms with van der Waals surface area (Å²) in [4.78, 5) is 14.7. The van der Waals surface area contributed by atoms with Gasteiger partial charge in [0.1, 0.15) is 6.04 Å². The highest BCUT2D eigenvalue weighted by Gasteiger charge is 2.28. The molecule has 0 radical (unpaired) electrons. The highest BCUT2D eigenvalue weighted by atomic mass is 32.2. The largest absolute Gasteiger partial charge is 0.372 e. The van der Waals surface area contributed by atoms with Gasteiger partial charge in [0.15, 0.2) is 0 Å². The first kappa shape index (κ1) is 22.4. The molecular formula is C21H28N4O3S. The van der Waals surface area contributed by atoms with E-state index in [2.05, 4.69) is 29.3 Å². The minimum atomic E-state index is -3.64. The lowest BCUT2D eigenvalue weighted by molar-refractivity contribution is -0.121. The van der Waals surface area contributed by atoms with Crippen molar-refractivity contribution < 1.29 is 13.2 Å². The van der Waals surface area contributed by atoms with Crippen molar-refractivity contribution in [2.75, 3.05) is 28.6 Å². The Bertz CT molecular complexity index is 924. The van der Waals surface area contributed by atoms with E-state index >= 15 is 0 Å². The molecular weight excluding hydrogens is 388 g/mol. The molecule has 1 N–H and O–H groups in total. The van der Waals surface area contributed by atoms with E-state index in [-0.39, 0.29) is 0 Å². The number of amides is 1. The van der Waals surface area contributed by atoms with Crippen LogP contribution in [0.2, 0.25) is 0 Å². The average Bonchev–Trinajstić information content (AvgIpc) is 2.70. The van der Waals surface area contributed by atoms with Gasteiger partial charge in [0, 0.05) is 18.8 Å². The fourth-order valence-electron chi connectivity index (χ4n) is 3.01. The van der Waals surface area contributed by atoms with E-state index in [9.17, 15) is 13.2 Å². The van der Waals surface area contributed by atoms with Crippen LogP contribution in [0.4, 0.5) is 11.4 Å². The van der Waals surface area contributed by atoms with Crippen LogP contribution in [0.25, 0.3) is 0 Å². The topological polar surface area (TPSA) is 82.1 Å². The molecule has 0 aromatic heterocycles. The van der Waals surface area contributed by atoms with Crippen molar-refractivity contribution in [1.29, 1.82) is 0 Å². The molecule has 0 aliphatic carbocycles. The lowest BCUT2D eigenvalue weighted by Crippen LogP contribution is -2.46. The van der Waals surface area contributed by atoms with Crippen LogP contribution in [-0.2, 0) is 14.8 Å². The van der Waals surface area contributed by atoms with Gasteiger partial charge in [-0.1, -0.05) is 30.3 Å². The standard InChI is InChI=1S/C21H28N4O3S/c1-5-24(6-2)19-14-12-18(13-15-19)16-22-23-21(26)17(3)25(29(4,27)28)20-10-8-7-9-11-20/h7-17H,5-6H2,1-4H3,(H,23,26). The number of para-hydroxylation sites is 1. The number of rotatable bonds is 9. The maximum Gasteiger partial charge on any atom is 0.263 e. The predicted molar refractivity (Wildman–Crippen MR) is 119 cm³/mol. The maximum absolute atomic E-state index is 12.5. The van der Waals surface area contributed by atoms with Gasteiger partial charge in [0.05, 0.1) is 18.2 Å². The summed E-state index contributed by atoms with van der Waals surface area (Å²) in [6, 6.07) is 15.4. The molecule has 2 aromatic carbocycles. The Balaban J connectivity index is 2.07. The maximum atomic E-state index is 12.5. The lowest BCUT2D eigenvalue weighted by atomic mass is 10.2. The SMILES string of the molecule is CCN(CC)c1ccc(C=NNC(=O)C(C)N(c2ccccc2)S(C)(=O)=O)cc1. The fourth-order valence-corrected chi connectivity index (χ4v) is 4.18. The third kappa shape index (κ3) is 6.05. The van der Waals surface area contributed by atoms with Crippen molar-refractivity contribution in [2.45, 2.75) is 26.8 Å². The van der Waals surface area contributed by atoms with Gasteiger partial charge in [-0.25, -0.2) is 13.8 Å². The van der Waals surface area contributed by atoms with Crippen LogP contribution in [0.5, 0.6) is 0 Å². The van der Waals surface area contributed by atoms with Crippen molar-refractivity contribution in [1.82, 2.24) is 5.43 Å². The number of sulfonamides is 1. The van der Waals surface area contributed by atoms with Crippen molar-refractivity contribution in [2.24, 2.45) is 5.10 Å². The van der Waals surface area contributed by atoms with E-state index in [1.54, 1.807) is 30.3 Å². The van der Waals surface area contributed by atoms with Gasteiger partial charge in [-0.05, 0) is 50.6 Å². The van der Waals surface area contributed by atoms with Gasteiger partial charge < -0.3 is 4.90 Å². The summed E-state index contributed by atoms with van der Waals surface area (Å²) in [5.41, 5.74) is 4.80. The molecule has 0 aliphatic rings. The van der Waals surface area contributed by atoms with E-state index < -0.39 is 22.0 Å². The molecule has 0 saturated carbocycles. The van der Waals surface area contributed by atoms with Crippen molar-refractivity contribution in [3.63, 3.8) is 0 Å². The number of nitrogens with zero attached hydrogens (tertiary/aromatic N) is 3. The number of nitrogens with one attached hydrogen (secondary N) is 1. The zero-order valence-electron chi connectivity index (χ0n) is 17.2. The third-order valence-corrected chi connectivity index (χ3v) is 5.75. The van der Waals surface area contributed by atoms with Crippen molar-refractivity contribution in [3.05, 3.63) is 60.2 Å². The monoisotopic (exact) mass is 416 g/mol. The summed E-state index contributed by atoms with van der Waals surface area (Å²) >= 11 is 0. The molecule has 1 atom stereocenters. The van der Waals surface area contributed by atoms with Crippen LogP contribution in [0, 0.1) is 0 Å². The van der Waals surface area contributed by atoms with Crippen LogP contribution in [0.3, 0.4) is 0 Å². The normalized spacial score (nSPS) is 12.6. The molecule has 0 aliphatic heterocycles. The first-order chi connectivity index (χ1) is 13.8. The predicted octanol–water partition coefficient (Wildman–Crippen LogP) is 2.84. The highest BCUT2D eigenvalue weighted by molar-refractivity contribution is 7.92. The van der Waals surface area contributed by atoms with Crippen LogP contribution >= 0.6 is 0 Å². The molecule has 156 valence electrons. The number of carbonyl (C=O) groups is 1. The van der Waals surface area contributed by atoms with Crippen LogP contribution in [-0.4, -0.2) is 45.9 Å². The fraction of sp³-hybridized carbons (Fsp3) is 0.333. The Morgan fingerprint density at radius 2 is 1.62 bits per heavy atom. The van der Waals surface area contributed by atoms with E-state index in [0.717, 1.165) is 34.9 Å². The molecule has 1 amide bonds. The Labute approximate surface area is 173 Å². The van der Waals surface area contributed by atoms with E-state index in [1.807, 2.05) is 24.3 Å². The number of benzene rings is 2. The zero-order valence-corrected chi connectivity index (χ0v) is 18.1. The number of anilines is 2. The summed E-state index contributed by atoms with van der Waals surface area (Å²) < 4.78 is 25.5. The number of hydrogen-bond donors (Lipinski definition) is 1. The third-order valence-electron chi connectivity index (χ3n) is 4.51. The first-order valence-corrected chi connectivity index (χ1v) is 11.3. The second kappa shape index (κ2) is 10.1. The van der Waals surface area contributed by atoms with Gasteiger partial charge >= 0.3 is 0 Å². The molecule has 2 aromatic rings. The van der Waals surface area contributed by atoms with E-state index in [0.29, 0.717) is 5.69 Å². The van der Waals surface area contributed by atoms with Gasteiger partial charge in [-0.2, -0.15) is 5.10 Å². The Morgan fingerprint density at radius 1 is 1.03 bits per heavy atom. The van der Waals surface area contributed by atoms with Gasteiger partial charge in [0.2, 0.25) is 10.0 Å². The summed E-state index contributed by atoms with van der Waals surface area (Å²) in [5, 5.41) is 3.98. The van der Waals surface area contributed by atoms with Crippen molar-refractivity contribution in [3.8, 4) is 0 Å². The van der Waals surface area contributed by atoms with Crippen LogP contribution in [0.15, 0.2) is 59.7 Å². The molecule has 29 heavy (non-hydrogen) atoms. The first-order valence-electron chi connectivity index (χ1n) is 9.50. The summed E-state index contributed by atoms with van der Waals surface area (Å²) in [7, 11) is -3.64. The van der Waals surface area contributed by atoms with Gasteiger partial charge in [-0.3, -0.25) is 9.10 Å². The summed E-state index contributed by atoms with van der Waals surface area (Å²) in [6.45, 7) is 7.58. The zero-order chi connectivity index (χ0) is 21.4. The summed E-state index contributed by atoms with van der Waals surface area (Å²) in [6.07, 6.45) is 2.61. The molecule has 0 spiro atoms. The smallest absolute Gasteiger partial charge is 0.263 e. The Kier molecular flexibility index (Phi) is 7.78. The molecule has 8 heteroatoms. The number of hydrazone groups is 1. The number of carbonyl (C=O) groups excluding carboxylic acids is 1. The molecule has 2 rings (SSSR count). The summed E-state index contributed by atoms with van der Waals surface area (Å²) in [5.74, 6) is -0.518. The molecule has 7 nitrogen and oxygen atoms in total. The van der Waals surface area contributed by atoms with Crippen molar-refractivity contribution >= 4 is 33.5 Å². The second-order valence-corrected chi connectivity index (χ2v) is 8.43. The molecule has 0 heterocycles. The van der Waals surface area contributed by atoms with E-state index in [4.69, 9.17) is 0 Å². The van der Waals surface area contributed by atoms with Gasteiger partial charge in [-0.15, -0.1) is 0 Å². The average molecular weight is 417 g/mol. The Morgan fingerprint density at radius 3 is 2.14 bits per heavy atom. The minimum Gasteiger partial charge on any atom is -0.372 e. The molecule has 0 saturated heterocycles. The molecule has 0 bridgehead atoms. The lowest BCUT2D eigenvalue weighted by Gasteiger charge is -2.27. The minimum absolute atomic E-state index is 0.425. The molecule has 1 unspecified atom stereocenters. The van der Waals surface area contributed by atoms with Crippen LogP contribution in [0.1, 0.15) is 26.3 Å². The Hall–Kier alpha value is -2.87. The van der Waals surface area contributed by atoms with E-state index in [1.165, 1.54) is 13.1 Å².